The molecule has 0 aliphatic heterocycles. The first-order valence-corrected chi connectivity index (χ1v) is 5.63. The Kier molecular flexibility index (Phi) is 3.16. The van der Waals surface area contributed by atoms with Crippen molar-refractivity contribution in [3.05, 3.63) is 59.2 Å². The zero-order chi connectivity index (χ0) is 13.3. The van der Waals surface area contributed by atoms with E-state index in [9.17, 15) is 13.2 Å². The van der Waals surface area contributed by atoms with Crippen LogP contribution in [-0.2, 0) is 6.18 Å². The van der Waals surface area contributed by atoms with Crippen LogP contribution >= 0.6 is 0 Å². The minimum absolute atomic E-state index is 0.605. The normalized spacial score (nSPS) is 11.6. The molecule has 0 aliphatic carbocycles. The van der Waals surface area contributed by atoms with E-state index in [0.29, 0.717) is 5.56 Å². The number of hydrogen-bond acceptors (Lipinski definition) is 0. The van der Waals surface area contributed by atoms with Crippen molar-refractivity contribution in [2.24, 2.45) is 0 Å². The summed E-state index contributed by atoms with van der Waals surface area (Å²) in [7, 11) is 0. The molecule has 0 spiro atoms. The molecule has 2 rings (SSSR count). The van der Waals surface area contributed by atoms with Crippen LogP contribution in [0.4, 0.5) is 13.2 Å². The van der Waals surface area contributed by atoms with Gasteiger partial charge in [0.1, 0.15) is 0 Å². The number of halogens is 3. The first kappa shape index (κ1) is 12.7. The SMILES string of the molecule is Cc1ccccc1-c1cc(C(F)(F)F)ccc1C. The molecule has 0 bridgehead atoms. The van der Waals surface area contributed by atoms with Crippen LogP contribution in [0.1, 0.15) is 16.7 Å². The molecule has 0 aliphatic rings. The van der Waals surface area contributed by atoms with Crippen LogP contribution in [0.3, 0.4) is 0 Å². The number of rotatable bonds is 1. The average Bonchev–Trinajstić information content (AvgIpc) is 2.29. The van der Waals surface area contributed by atoms with Crippen molar-refractivity contribution in [3.8, 4) is 11.1 Å². The van der Waals surface area contributed by atoms with Gasteiger partial charge in [0.2, 0.25) is 0 Å². The summed E-state index contributed by atoms with van der Waals surface area (Å²) in [6.45, 7) is 3.72. The lowest BCUT2D eigenvalue weighted by Gasteiger charge is -2.13. The fourth-order valence-corrected chi connectivity index (χ4v) is 1.96. The summed E-state index contributed by atoms with van der Waals surface area (Å²) in [5, 5.41) is 0. The Hall–Kier alpha value is -1.77. The molecule has 0 nitrogen and oxygen atoms in total. The maximum atomic E-state index is 12.7. The molecule has 0 radical (unpaired) electrons. The second-order valence-corrected chi connectivity index (χ2v) is 4.34. The van der Waals surface area contributed by atoms with Crippen LogP contribution < -0.4 is 0 Å². The fraction of sp³-hybridized carbons (Fsp3) is 0.200. The van der Waals surface area contributed by atoms with Crippen molar-refractivity contribution in [2.45, 2.75) is 20.0 Å². The summed E-state index contributed by atoms with van der Waals surface area (Å²) >= 11 is 0. The Morgan fingerprint density at radius 2 is 1.39 bits per heavy atom. The molecule has 2 aromatic carbocycles. The zero-order valence-electron chi connectivity index (χ0n) is 10.2. The average molecular weight is 250 g/mol. The third-order valence-electron chi connectivity index (χ3n) is 3.00. The van der Waals surface area contributed by atoms with E-state index in [1.807, 2.05) is 38.1 Å². The van der Waals surface area contributed by atoms with Gasteiger partial charge in [0.25, 0.3) is 0 Å². The molecular weight excluding hydrogens is 237 g/mol. The highest BCUT2D eigenvalue weighted by atomic mass is 19.4. The minimum Gasteiger partial charge on any atom is -0.166 e. The fourth-order valence-electron chi connectivity index (χ4n) is 1.96. The Bertz CT molecular complexity index is 568. The van der Waals surface area contributed by atoms with E-state index in [1.165, 1.54) is 12.1 Å². The Balaban J connectivity index is 2.61. The van der Waals surface area contributed by atoms with Crippen LogP contribution in [-0.4, -0.2) is 0 Å². The van der Waals surface area contributed by atoms with E-state index >= 15 is 0 Å². The lowest BCUT2D eigenvalue weighted by molar-refractivity contribution is -0.137. The third kappa shape index (κ3) is 2.40. The molecule has 0 amide bonds. The van der Waals surface area contributed by atoms with E-state index in [4.69, 9.17) is 0 Å². The Morgan fingerprint density at radius 3 is 2.00 bits per heavy atom. The topological polar surface area (TPSA) is 0 Å². The van der Waals surface area contributed by atoms with Gasteiger partial charge in [0.05, 0.1) is 5.56 Å². The standard InChI is InChI=1S/C15H13F3/c1-10-5-3-4-6-13(10)14-9-12(15(16,17)18)8-7-11(14)2/h3-9H,1-2H3. The van der Waals surface area contributed by atoms with Crippen LogP contribution in [0.5, 0.6) is 0 Å². The molecule has 0 N–H and O–H groups in total. The van der Waals surface area contributed by atoms with Gasteiger partial charge in [-0.2, -0.15) is 13.2 Å². The molecular formula is C15H13F3. The van der Waals surface area contributed by atoms with Crippen molar-refractivity contribution in [1.82, 2.24) is 0 Å². The van der Waals surface area contributed by atoms with Gasteiger partial charge in [0, 0.05) is 0 Å². The van der Waals surface area contributed by atoms with Crippen molar-refractivity contribution < 1.29 is 13.2 Å². The van der Waals surface area contributed by atoms with Gasteiger partial charge in [-0.25, -0.2) is 0 Å². The molecule has 0 atom stereocenters. The van der Waals surface area contributed by atoms with Gasteiger partial charge < -0.3 is 0 Å². The van der Waals surface area contributed by atoms with E-state index in [0.717, 1.165) is 22.8 Å². The lowest BCUT2D eigenvalue weighted by atomic mass is 9.95. The van der Waals surface area contributed by atoms with Crippen LogP contribution in [0.15, 0.2) is 42.5 Å². The maximum Gasteiger partial charge on any atom is 0.416 e. The molecule has 0 saturated heterocycles. The quantitative estimate of drug-likeness (QED) is 0.669. The number of alkyl halides is 3. The molecule has 0 fully saturated rings. The van der Waals surface area contributed by atoms with Crippen LogP contribution in [0.2, 0.25) is 0 Å². The van der Waals surface area contributed by atoms with Crippen molar-refractivity contribution in [2.75, 3.05) is 0 Å². The molecule has 18 heavy (non-hydrogen) atoms. The van der Waals surface area contributed by atoms with Crippen molar-refractivity contribution in [3.63, 3.8) is 0 Å². The first-order chi connectivity index (χ1) is 8.39. The van der Waals surface area contributed by atoms with Gasteiger partial charge in [-0.1, -0.05) is 30.3 Å². The van der Waals surface area contributed by atoms with E-state index in [1.54, 1.807) is 0 Å². The predicted octanol–water partition coefficient (Wildman–Crippen LogP) is 4.99. The summed E-state index contributed by atoms with van der Waals surface area (Å²) in [4.78, 5) is 0. The molecule has 0 aromatic heterocycles. The molecule has 0 heterocycles. The Labute approximate surface area is 104 Å². The zero-order valence-corrected chi connectivity index (χ0v) is 10.2. The highest BCUT2D eigenvalue weighted by molar-refractivity contribution is 5.71. The summed E-state index contributed by atoms with van der Waals surface area (Å²) < 4.78 is 38.1. The smallest absolute Gasteiger partial charge is 0.166 e. The number of benzene rings is 2. The minimum atomic E-state index is -4.30. The van der Waals surface area contributed by atoms with Gasteiger partial charge in [-0.3, -0.25) is 0 Å². The second kappa shape index (κ2) is 4.48. The number of aryl methyl sites for hydroxylation is 2. The van der Waals surface area contributed by atoms with Crippen molar-refractivity contribution >= 4 is 0 Å². The van der Waals surface area contributed by atoms with E-state index in [2.05, 4.69) is 0 Å². The lowest BCUT2D eigenvalue weighted by Crippen LogP contribution is -2.05. The molecule has 94 valence electrons. The summed E-state index contributed by atoms with van der Waals surface area (Å²) in [5.74, 6) is 0. The third-order valence-corrected chi connectivity index (χ3v) is 3.00. The van der Waals surface area contributed by atoms with Crippen molar-refractivity contribution in [1.29, 1.82) is 0 Å². The van der Waals surface area contributed by atoms with E-state index < -0.39 is 11.7 Å². The number of hydrogen-bond donors (Lipinski definition) is 0. The molecule has 3 heteroatoms. The molecule has 0 unspecified atom stereocenters. The van der Waals surface area contributed by atoms with Gasteiger partial charge in [-0.05, 0) is 48.2 Å². The maximum absolute atomic E-state index is 12.7. The predicted molar refractivity (Wildman–Crippen MR) is 66.4 cm³/mol. The largest absolute Gasteiger partial charge is 0.416 e. The van der Waals surface area contributed by atoms with E-state index in [-0.39, 0.29) is 0 Å². The Morgan fingerprint density at radius 1 is 0.778 bits per heavy atom. The monoisotopic (exact) mass is 250 g/mol. The highest BCUT2D eigenvalue weighted by Crippen LogP contribution is 2.34. The highest BCUT2D eigenvalue weighted by Gasteiger charge is 2.30. The second-order valence-electron chi connectivity index (χ2n) is 4.34. The first-order valence-electron chi connectivity index (χ1n) is 5.63. The van der Waals surface area contributed by atoms with Gasteiger partial charge in [-0.15, -0.1) is 0 Å². The summed E-state index contributed by atoms with van der Waals surface area (Å²) in [5.41, 5.74) is 2.70. The van der Waals surface area contributed by atoms with Gasteiger partial charge >= 0.3 is 6.18 Å². The summed E-state index contributed by atoms with van der Waals surface area (Å²) in [6, 6.07) is 11.3. The molecule has 0 saturated carbocycles. The molecule has 2 aromatic rings. The van der Waals surface area contributed by atoms with Crippen LogP contribution in [0.25, 0.3) is 11.1 Å². The van der Waals surface area contributed by atoms with Gasteiger partial charge in [0.15, 0.2) is 0 Å². The van der Waals surface area contributed by atoms with Crippen LogP contribution in [0, 0.1) is 13.8 Å². The summed E-state index contributed by atoms with van der Waals surface area (Å²) in [6.07, 6.45) is -4.30.